The van der Waals surface area contributed by atoms with Crippen molar-refractivity contribution in [1.29, 1.82) is 5.26 Å². The third kappa shape index (κ3) is 4.11. The maximum absolute atomic E-state index is 12.3. The minimum Gasteiger partial charge on any atom is -0.349 e. The van der Waals surface area contributed by atoms with Gasteiger partial charge in [-0.15, -0.1) is 0 Å². The zero-order chi connectivity index (χ0) is 17.5. The first kappa shape index (κ1) is 17.5. The zero-order valence-corrected chi connectivity index (χ0v) is 14.3. The number of rotatable bonds is 6. The Kier molecular flexibility index (Phi) is 5.91. The highest BCUT2D eigenvalue weighted by atomic mass is 16.1. The second-order valence-corrected chi connectivity index (χ2v) is 5.69. The summed E-state index contributed by atoms with van der Waals surface area (Å²) >= 11 is 0. The molecule has 124 valence electrons. The molecule has 0 spiro atoms. The standard InChI is InChI=1S/C19H22N4O/c1-4-8-23-14(2)9-17(15(23)3)10-18(11-20)19(24)22-13-16-6-5-7-21-12-16/h5-7,9-10,12H,4,8,13H2,1-3H3,(H,22,24)/b18-10-. The number of carbonyl (C=O) groups excluding carboxylic acids is 1. The van der Waals surface area contributed by atoms with Gasteiger partial charge in [-0.3, -0.25) is 9.78 Å². The summed E-state index contributed by atoms with van der Waals surface area (Å²) in [5, 5.41) is 12.1. The summed E-state index contributed by atoms with van der Waals surface area (Å²) in [7, 11) is 0. The highest BCUT2D eigenvalue weighted by Crippen LogP contribution is 2.18. The Labute approximate surface area is 142 Å². The van der Waals surface area contributed by atoms with Crippen molar-refractivity contribution < 1.29 is 4.79 Å². The predicted octanol–water partition coefficient (Wildman–Crippen LogP) is 3.13. The van der Waals surface area contributed by atoms with Crippen molar-refractivity contribution in [2.24, 2.45) is 0 Å². The van der Waals surface area contributed by atoms with Crippen molar-refractivity contribution in [3.63, 3.8) is 0 Å². The van der Waals surface area contributed by atoms with Crippen LogP contribution < -0.4 is 5.32 Å². The minimum absolute atomic E-state index is 0.107. The quantitative estimate of drug-likeness (QED) is 0.656. The van der Waals surface area contributed by atoms with E-state index in [0.717, 1.165) is 35.5 Å². The van der Waals surface area contributed by atoms with Crippen LogP contribution in [0.25, 0.3) is 6.08 Å². The number of aromatic nitrogens is 2. The number of amides is 1. The largest absolute Gasteiger partial charge is 0.349 e. The molecule has 24 heavy (non-hydrogen) atoms. The van der Waals surface area contributed by atoms with Crippen LogP contribution in [0.2, 0.25) is 0 Å². The topological polar surface area (TPSA) is 70.7 Å². The van der Waals surface area contributed by atoms with E-state index < -0.39 is 0 Å². The summed E-state index contributed by atoms with van der Waals surface area (Å²) in [5.41, 5.74) is 4.12. The van der Waals surface area contributed by atoms with Crippen LogP contribution in [0.1, 0.15) is 35.9 Å². The first-order valence-corrected chi connectivity index (χ1v) is 8.02. The van der Waals surface area contributed by atoms with Crippen molar-refractivity contribution in [3.05, 3.63) is 58.7 Å². The molecule has 0 aliphatic rings. The van der Waals surface area contributed by atoms with Crippen LogP contribution in [-0.4, -0.2) is 15.5 Å². The van der Waals surface area contributed by atoms with Gasteiger partial charge < -0.3 is 9.88 Å². The van der Waals surface area contributed by atoms with E-state index in [0.29, 0.717) is 6.54 Å². The normalized spacial score (nSPS) is 11.2. The van der Waals surface area contributed by atoms with Crippen LogP contribution >= 0.6 is 0 Å². The SMILES string of the molecule is CCCn1c(C)cc(/C=C(/C#N)C(=O)NCc2cccnc2)c1C. The van der Waals surface area contributed by atoms with Gasteiger partial charge in [0.05, 0.1) is 0 Å². The Bertz CT molecular complexity index is 782. The van der Waals surface area contributed by atoms with Crippen LogP contribution in [0.3, 0.4) is 0 Å². The van der Waals surface area contributed by atoms with Gasteiger partial charge >= 0.3 is 0 Å². The third-order valence-electron chi connectivity index (χ3n) is 3.90. The fourth-order valence-electron chi connectivity index (χ4n) is 2.63. The summed E-state index contributed by atoms with van der Waals surface area (Å²) in [6.07, 6.45) is 6.07. The minimum atomic E-state index is -0.373. The Hall–Kier alpha value is -2.87. The molecule has 1 N–H and O–H groups in total. The molecule has 0 unspecified atom stereocenters. The molecule has 0 aromatic carbocycles. The molecule has 0 radical (unpaired) electrons. The fraction of sp³-hybridized carbons (Fsp3) is 0.316. The van der Waals surface area contributed by atoms with E-state index in [-0.39, 0.29) is 11.5 Å². The first-order chi connectivity index (χ1) is 11.6. The zero-order valence-electron chi connectivity index (χ0n) is 14.3. The molecule has 2 aromatic heterocycles. The molecule has 5 nitrogen and oxygen atoms in total. The molecule has 0 bridgehead atoms. The molecule has 2 aromatic rings. The van der Waals surface area contributed by atoms with E-state index in [2.05, 4.69) is 21.8 Å². The van der Waals surface area contributed by atoms with E-state index in [1.54, 1.807) is 18.5 Å². The Morgan fingerprint density at radius 3 is 2.88 bits per heavy atom. The lowest BCUT2D eigenvalue weighted by atomic mass is 10.1. The predicted molar refractivity (Wildman–Crippen MR) is 93.9 cm³/mol. The van der Waals surface area contributed by atoms with Gasteiger partial charge in [-0.05, 0) is 49.6 Å². The van der Waals surface area contributed by atoms with Gasteiger partial charge in [0, 0.05) is 36.9 Å². The molecule has 0 saturated heterocycles. The van der Waals surface area contributed by atoms with Crippen LogP contribution in [0.4, 0.5) is 0 Å². The summed E-state index contributed by atoms with van der Waals surface area (Å²) in [6, 6.07) is 7.70. The maximum atomic E-state index is 12.3. The number of carbonyl (C=O) groups is 1. The molecule has 0 atom stereocenters. The summed E-state index contributed by atoms with van der Waals surface area (Å²) in [6.45, 7) is 7.45. The van der Waals surface area contributed by atoms with Gasteiger partial charge in [0.15, 0.2) is 0 Å². The number of nitrogens with zero attached hydrogens (tertiary/aromatic N) is 3. The second-order valence-electron chi connectivity index (χ2n) is 5.69. The molecule has 0 aliphatic heterocycles. The summed E-state index contributed by atoms with van der Waals surface area (Å²) < 4.78 is 2.20. The van der Waals surface area contributed by atoms with E-state index in [4.69, 9.17) is 0 Å². The Morgan fingerprint density at radius 2 is 2.25 bits per heavy atom. The van der Waals surface area contributed by atoms with Gasteiger partial charge in [-0.1, -0.05) is 13.0 Å². The Morgan fingerprint density at radius 1 is 1.46 bits per heavy atom. The van der Waals surface area contributed by atoms with Crippen molar-refractivity contribution in [3.8, 4) is 6.07 Å². The molecule has 0 fully saturated rings. The van der Waals surface area contributed by atoms with Gasteiger partial charge in [0.1, 0.15) is 11.6 Å². The van der Waals surface area contributed by atoms with Crippen LogP contribution in [-0.2, 0) is 17.9 Å². The highest BCUT2D eigenvalue weighted by Gasteiger charge is 2.12. The smallest absolute Gasteiger partial charge is 0.262 e. The lowest BCUT2D eigenvalue weighted by molar-refractivity contribution is -0.117. The van der Waals surface area contributed by atoms with Crippen molar-refractivity contribution in [1.82, 2.24) is 14.9 Å². The molecule has 0 saturated carbocycles. The molecule has 2 rings (SSSR count). The first-order valence-electron chi connectivity index (χ1n) is 8.02. The lowest BCUT2D eigenvalue weighted by Crippen LogP contribution is -2.24. The Balaban J connectivity index is 2.16. The number of pyridine rings is 1. The van der Waals surface area contributed by atoms with E-state index in [1.165, 1.54) is 0 Å². The van der Waals surface area contributed by atoms with E-state index >= 15 is 0 Å². The van der Waals surface area contributed by atoms with Crippen molar-refractivity contribution in [2.45, 2.75) is 40.3 Å². The molecular weight excluding hydrogens is 300 g/mol. The molecule has 1 amide bonds. The van der Waals surface area contributed by atoms with Gasteiger partial charge in [0.2, 0.25) is 0 Å². The lowest BCUT2D eigenvalue weighted by Gasteiger charge is -2.07. The molecule has 0 aliphatic carbocycles. The average Bonchev–Trinajstić information content (AvgIpc) is 2.86. The second kappa shape index (κ2) is 8.11. The number of nitrogens with one attached hydrogen (secondary N) is 1. The number of nitriles is 1. The summed E-state index contributed by atoms with van der Waals surface area (Å²) in [4.78, 5) is 16.3. The van der Waals surface area contributed by atoms with Crippen LogP contribution in [0.15, 0.2) is 36.2 Å². The van der Waals surface area contributed by atoms with Crippen LogP contribution in [0, 0.1) is 25.2 Å². The summed E-state index contributed by atoms with van der Waals surface area (Å²) in [5.74, 6) is -0.373. The molecular formula is C19H22N4O. The maximum Gasteiger partial charge on any atom is 0.262 e. The van der Waals surface area contributed by atoms with E-state index in [1.807, 2.05) is 38.1 Å². The van der Waals surface area contributed by atoms with Gasteiger partial charge in [-0.2, -0.15) is 5.26 Å². The number of hydrogen-bond donors (Lipinski definition) is 1. The number of hydrogen-bond acceptors (Lipinski definition) is 3. The average molecular weight is 322 g/mol. The molecule has 2 heterocycles. The fourth-order valence-corrected chi connectivity index (χ4v) is 2.63. The molecule has 5 heteroatoms. The van der Waals surface area contributed by atoms with E-state index in [9.17, 15) is 10.1 Å². The van der Waals surface area contributed by atoms with Crippen LogP contribution in [0.5, 0.6) is 0 Å². The number of aryl methyl sites for hydroxylation is 1. The monoisotopic (exact) mass is 322 g/mol. The highest BCUT2D eigenvalue weighted by molar-refractivity contribution is 6.01. The van der Waals surface area contributed by atoms with Gasteiger partial charge in [-0.25, -0.2) is 0 Å². The third-order valence-corrected chi connectivity index (χ3v) is 3.90. The van der Waals surface area contributed by atoms with Crippen molar-refractivity contribution >= 4 is 12.0 Å². The van der Waals surface area contributed by atoms with Gasteiger partial charge in [0.25, 0.3) is 5.91 Å². The van der Waals surface area contributed by atoms with Crippen molar-refractivity contribution in [2.75, 3.05) is 0 Å².